The maximum Gasteiger partial charge on any atom is 0.257 e. The highest BCUT2D eigenvalue weighted by Gasteiger charge is 2.41. The van der Waals surface area contributed by atoms with E-state index in [1.165, 1.54) is 11.3 Å². The Kier molecular flexibility index (Phi) is 4.91. The van der Waals surface area contributed by atoms with Crippen LogP contribution in [0.25, 0.3) is 0 Å². The molecule has 3 rings (SSSR count). The van der Waals surface area contributed by atoms with E-state index in [4.69, 9.17) is 5.73 Å². The predicted octanol–water partition coefficient (Wildman–Crippen LogP) is 3.86. The lowest BCUT2D eigenvalue weighted by molar-refractivity contribution is 0.0999. The van der Waals surface area contributed by atoms with Gasteiger partial charge in [-0.1, -0.05) is 12.1 Å². The number of fused-ring (bicyclic) bond motifs is 1. The molecule has 2 amide bonds. The Hall–Kier alpha value is -1.45. The van der Waals surface area contributed by atoms with Gasteiger partial charge in [0.15, 0.2) is 0 Å². The number of hydrogen-bond acceptors (Lipinski definition) is 4. The number of benzene rings is 1. The Bertz CT molecular complexity index is 902. The lowest BCUT2D eigenvalue weighted by Crippen LogP contribution is -2.55. The summed E-state index contributed by atoms with van der Waals surface area (Å²) < 4.78 is 0.854. The number of hydrogen-bond donors (Lipinski definition) is 3. The number of thiophene rings is 1. The van der Waals surface area contributed by atoms with E-state index in [0.717, 1.165) is 14.0 Å². The number of anilines is 1. The quantitative estimate of drug-likeness (QED) is 0.580. The van der Waals surface area contributed by atoms with E-state index in [1.807, 2.05) is 18.2 Å². The molecule has 138 valence electrons. The zero-order valence-corrected chi connectivity index (χ0v) is 18.2. The van der Waals surface area contributed by atoms with E-state index >= 15 is 0 Å². The second-order valence-electron chi connectivity index (χ2n) is 7.72. The van der Waals surface area contributed by atoms with Gasteiger partial charge in [-0.2, -0.15) is 0 Å². The molecule has 2 heterocycles. The zero-order chi connectivity index (χ0) is 19.3. The van der Waals surface area contributed by atoms with Crippen molar-refractivity contribution >= 4 is 50.7 Å². The van der Waals surface area contributed by atoms with Gasteiger partial charge in [0, 0.05) is 19.5 Å². The number of carbonyl (C=O) groups excluding carboxylic acids is 2. The average Bonchev–Trinajstić information content (AvgIpc) is 2.84. The topological polar surface area (TPSA) is 84.2 Å². The Morgan fingerprint density at radius 2 is 1.88 bits per heavy atom. The third-order valence-electron chi connectivity index (χ3n) is 4.44. The van der Waals surface area contributed by atoms with Crippen LogP contribution in [-0.4, -0.2) is 17.4 Å². The van der Waals surface area contributed by atoms with E-state index in [9.17, 15) is 9.59 Å². The van der Waals surface area contributed by atoms with Crippen molar-refractivity contribution in [3.8, 4) is 0 Å². The van der Waals surface area contributed by atoms with Crippen LogP contribution in [0.15, 0.2) is 24.3 Å². The van der Waals surface area contributed by atoms with Gasteiger partial charge >= 0.3 is 0 Å². The van der Waals surface area contributed by atoms with Gasteiger partial charge in [-0.25, -0.2) is 0 Å². The van der Waals surface area contributed by atoms with Gasteiger partial charge in [0.2, 0.25) is 0 Å². The molecule has 0 atom stereocenters. The summed E-state index contributed by atoms with van der Waals surface area (Å²) in [5, 5.41) is 7.05. The normalized spacial score (nSPS) is 17.4. The number of amides is 2. The van der Waals surface area contributed by atoms with E-state index in [1.54, 1.807) is 6.07 Å². The molecule has 1 aromatic heterocycles. The number of halogens is 1. The highest BCUT2D eigenvalue weighted by Crippen LogP contribution is 2.45. The predicted molar refractivity (Wildman–Crippen MR) is 114 cm³/mol. The minimum atomic E-state index is -0.506. The molecule has 0 bridgehead atoms. The van der Waals surface area contributed by atoms with Crippen LogP contribution in [0, 0.1) is 3.57 Å². The van der Waals surface area contributed by atoms with Crippen molar-refractivity contribution in [3.63, 3.8) is 0 Å². The lowest BCUT2D eigenvalue weighted by Gasteiger charge is -2.42. The molecule has 4 N–H and O–H groups in total. The fraction of sp³-hybridized carbons (Fsp3) is 0.368. The van der Waals surface area contributed by atoms with Gasteiger partial charge in [0.05, 0.1) is 11.1 Å². The van der Waals surface area contributed by atoms with Gasteiger partial charge in [-0.3, -0.25) is 9.59 Å². The summed E-state index contributed by atoms with van der Waals surface area (Å²) in [5.74, 6) is -0.741. The van der Waals surface area contributed by atoms with Crippen LogP contribution in [-0.2, 0) is 12.0 Å². The zero-order valence-electron chi connectivity index (χ0n) is 15.2. The first-order valence-corrected chi connectivity index (χ1v) is 10.2. The Balaban J connectivity index is 2.07. The molecule has 5 nitrogen and oxygen atoms in total. The first-order chi connectivity index (χ1) is 12.0. The Morgan fingerprint density at radius 1 is 1.23 bits per heavy atom. The minimum absolute atomic E-state index is 0.169. The maximum absolute atomic E-state index is 12.7. The fourth-order valence-electron chi connectivity index (χ4n) is 3.69. The van der Waals surface area contributed by atoms with E-state index in [2.05, 4.69) is 60.9 Å². The van der Waals surface area contributed by atoms with Crippen LogP contribution < -0.4 is 16.4 Å². The number of nitrogens with one attached hydrogen (secondary N) is 2. The molecule has 2 aromatic rings. The molecule has 0 unspecified atom stereocenters. The molecular formula is C19H22IN3O2S. The van der Waals surface area contributed by atoms with E-state index in [0.29, 0.717) is 22.5 Å². The molecule has 0 aliphatic carbocycles. The highest BCUT2D eigenvalue weighted by molar-refractivity contribution is 14.1. The molecule has 0 radical (unpaired) electrons. The summed E-state index contributed by atoms with van der Waals surface area (Å²) in [4.78, 5) is 26.0. The average molecular weight is 483 g/mol. The summed E-state index contributed by atoms with van der Waals surface area (Å²) >= 11 is 3.56. The Labute approximate surface area is 170 Å². The van der Waals surface area contributed by atoms with Crippen molar-refractivity contribution in [2.24, 2.45) is 5.73 Å². The van der Waals surface area contributed by atoms with Crippen LogP contribution in [0.2, 0.25) is 0 Å². The van der Waals surface area contributed by atoms with Crippen LogP contribution in [0.1, 0.15) is 58.9 Å². The van der Waals surface area contributed by atoms with E-state index < -0.39 is 5.91 Å². The van der Waals surface area contributed by atoms with Gasteiger partial charge in [0.1, 0.15) is 5.00 Å². The lowest BCUT2D eigenvalue weighted by atomic mass is 9.81. The second-order valence-corrected chi connectivity index (χ2v) is 9.91. The van der Waals surface area contributed by atoms with Gasteiger partial charge in [-0.05, 0) is 74.4 Å². The van der Waals surface area contributed by atoms with Gasteiger partial charge < -0.3 is 16.4 Å². The number of nitrogens with two attached hydrogens (primary N) is 1. The third kappa shape index (κ3) is 3.52. The second kappa shape index (κ2) is 6.61. The molecule has 7 heteroatoms. The monoisotopic (exact) mass is 483 g/mol. The van der Waals surface area contributed by atoms with Crippen molar-refractivity contribution in [2.75, 3.05) is 5.32 Å². The minimum Gasteiger partial charge on any atom is -0.365 e. The van der Waals surface area contributed by atoms with Crippen molar-refractivity contribution in [1.29, 1.82) is 0 Å². The van der Waals surface area contributed by atoms with E-state index in [-0.39, 0.29) is 17.0 Å². The van der Waals surface area contributed by atoms with Crippen LogP contribution >= 0.6 is 33.9 Å². The van der Waals surface area contributed by atoms with Crippen LogP contribution in [0.4, 0.5) is 5.00 Å². The molecule has 0 fully saturated rings. The molecule has 1 aliphatic heterocycles. The fourth-order valence-corrected chi connectivity index (χ4v) is 5.60. The number of carbonyl (C=O) groups is 2. The van der Waals surface area contributed by atoms with Crippen molar-refractivity contribution in [2.45, 2.75) is 45.2 Å². The summed E-state index contributed by atoms with van der Waals surface area (Å²) in [5.41, 5.74) is 7.17. The van der Waals surface area contributed by atoms with Crippen molar-refractivity contribution in [3.05, 3.63) is 49.4 Å². The number of rotatable bonds is 3. The first kappa shape index (κ1) is 19.3. The van der Waals surface area contributed by atoms with Crippen LogP contribution in [0.5, 0.6) is 0 Å². The summed E-state index contributed by atoms with van der Waals surface area (Å²) in [6.07, 6.45) is 0.680. The molecule has 0 saturated carbocycles. The molecule has 0 saturated heterocycles. The van der Waals surface area contributed by atoms with Gasteiger partial charge in [0.25, 0.3) is 11.8 Å². The molecule has 1 aliphatic rings. The Morgan fingerprint density at radius 3 is 2.50 bits per heavy atom. The first-order valence-electron chi connectivity index (χ1n) is 8.33. The number of primary amides is 1. The summed E-state index contributed by atoms with van der Waals surface area (Å²) in [7, 11) is 0. The molecule has 26 heavy (non-hydrogen) atoms. The summed E-state index contributed by atoms with van der Waals surface area (Å²) in [6.45, 7) is 8.37. The van der Waals surface area contributed by atoms with Gasteiger partial charge in [-0.15, -0.1) is 11.3 Å². The maximum atomic E-state index is 12.7. The third-order valence-corrected chi connectivity index (χ3v) is 6.85. The van der Waals surface area contributed by atoms with Crippen molar-refractivity contribution < 1.29 is 9.59 Å². The standard InChI is InChI=1S/C19H22IN3O2S/c1-18(2)9-11-13(15(21)24)17(26-14(11)19(3,4)23-18)22-16(25)10-7-5-6-8-12(10)20/h5-8,23H,9H2,1-4H3,(H2,21,24)(H,22,25). The smallest absolute Gasteiger partial charge is 0.257 e. The SMILES string of the molecule is CC1(C)Cc2c(sc(NC(=O)c3ccccc3I)c2C(N)=O)C(C)(C)N1. The highest BCUT2D eigenvalue weighted by atomic mass is 127. The molecular weight excluding hydrogens is 461 g/mol. The summed E-state index contributed by atoms with van der Waals surface area (Å²) in [6, 6.07) is 7.34. The van der Waals surface area contributed by atoms with Crippen LogP contribution in [0.3, 0.4) is 0 Å². The molecule has 0 spiro atoms. The largest absolute Gasteiger partial charge is 0.365 e. The van der Waals surface area contributed by atoms with Crippen molar-refractivity contribution in [1.82, 2.24) is 5.32 Å². The molecule has 1 aromatic carbocycles.